The van der Waals surface area contributed by atoms with E-state index >= 15 is 0 Å². The largest absolute Gasteiger partial charge is 0.465 e. The zero-order valence-corrected chi connectivity index (χ0v) is 11.7. The molecule has 0 saturated heterocycles. The average molecular weight is 286 g/mol. The predicted molar refractivity (Wildman–Crippen MR) is 73.2 cm³/mol. The Kier molecular flexibility index (Phi) is 5.31. The number of nitrogens with one attached hydrogen (secondary N) is 1. The van der Waals surface area contributed by atoms with E-state index < -0.39 is 22.0 Å². The molecule has 6 nitrogen and oxygen atoms in total. The normalized spacial score (nSPS) is 12.8. The zero-order valence-electron chi connectivity index (χ0n) is 10.9. The number of rotatable bonds is 6. The van der Waals surface area contributed by atoms with Gasteiger partial charge in [0.1, 0.15) is 6.04 Å². The molecule has 0 aliphatic rings. The molecule has 0 aliphatic carbocycles. The van der Waals surface area contributed by atoms with E-state index in [0.29, 0.717) is 5.69 Å². The smallest absolute Gasteiger partial charge is 0.323 e. The number of sulfonamides is 1. The molecule has 1 atom stereocenters. The lowest BCUT2D eigenvalue weighted by Gasteiger charge is -2.11. The minimum atomic E-state index is -3.32. The molecule has 0 aromatic heterocycles. The number of hydrogen-bond acceptors (Lipinski definition) is 5. The van der Waals surface area contributed by atoms with Gasteiger partial charge in [-0.3, -0.25) is 9.52 Å². The number of hydrogen-bond donors (Lipinski definition) is 2. The van der Waals surface area contributed by atoms with Crippen LogP contribution in [0.4, 0.5) is 5.69 Å². The van der Waals surface area contributed by atoms with Crippen LogP contribution in [0.25, 0.3) is 0 Å². The molecule has 19 heavy (non-hydrogen) atoms. The minimum Gasteiger partial charge on any atom is -0.465 e. The molecule has 3 N–H and O–H groups in total. The molecular weight excluding hydrogens is 268 g/mol. The maximum atomic E-state index is 11.4. The summed E-state index contributed by atoms with van der Waals surface area (Å²) in [5.74, 6) is -0.469. The van der Waals surface area contributed by atoms with Crippen LogP contribution >= 0.6 is 0 Å². The number of esters is 1. The van der Waals surface area contributed by atoms with E-state index in [1.807, 2.05) is 0 Å². The molecule has 0 amide bonds. The van der Waals surface area contributed by atoms with Crippen molar-refractivity contribution in [1.82, 2.24) is 0 Å². The van der Waals surface area contributed by atoms with Crippen molar-refractivity contribution >= 4 is 21.7 Å². The average Bonchev–Trinajstić information content (AvgIpc) is 2.27. The zero-order chi connectivity index (χ0) is 14.5. The molecule has 106 valence electrons. The third-order valence-electron chi connectivity index (χ3n) is 2.28. The van der Waals surface area contributed by atoms with E-state index in [1.54, 1.807) is 31.2 Å². The molecule has 0 fully saturated rings. The summed E-state index contributed by atoms with van der Waals surface area (Å²) in [6.45, 7) is 1.99. The number of benzene rings is 1. The Hall–Kier alpha value is -1.60. The molecule has 0 spiro atoms. The molecule has 0 saturated carbocycles. The fourth-order valence-corrected chi connectivity index (χ4v) is 2.12. The van der Waals surface area contributed by atoms with Gasteiger partial charge >= 0.3 is 5.97 Å². The van der Waals surface area contributed by atoms with Crippen molar-refractivity contribution in [3.05, 3.63) is 29.8 Å². The summed E-state index contributed by atoms with van der Waals surface area (Å²) in [6, 6.07) is 5.97. The molecule has 1 rings (SSSR count). The van der Waals surface area contributed by atoms with Crippen molar-refractivity contribution < 1.29 is 17.9 Å². The number of nitrogens with two attached hydrogens (primary N) is 1. The summed E-state index contributed by atoms with van der Waals surface area (Å²) in [6.07, 6.45) is 1.36. The summed E-state index contributed by atoms with van der Waals surface area (Å²) >= 11 is 0. The summed E-state index contributed by atoms with van der Waals surface area (Å²) in [7, 11) is -3.32. The Morgan fingerprint density at radius 2 is 2.16 bits per heavy atom. The van der Waals surface area contributed by atoms with Crippen LogP contribution in [0.3, 0.4) is 0 Å². The van der Waals surface area contributed by atoms with Crippen LogP contribution in [0.5, 0.6) is 0 Å². The van der Waals surface area contributed by atoms with Gasteiger partial charge in [0.05, 0.1) is 12.9 Å². The highest BCUT2D eigenvalue weighted by molar-refractivity contribution is 7.92. The minimum absolute atomic E-state index is 0.280. The van der Waals surface area contributed by atoms with Crippen LogP contribution < -0.4 is 10.5 Å². The first-order chi connectivity index (χ1) is 8.81. The molecule has 7 heteroatoms. The highest BCUT2D eigenvalue weighted by Gasteiger charge is 2.15. The second-order valence-corrected chi connectivity index (χ2v) is 5.89. The van der Waals surface area contributed by atoms with Crippen molar-refractivity contribution in [3.8, 4) is 0 Å². The molecule has 1 aromatic carbocycles. The molecule has 0 radical (unpaired) electrons. The molecule has 0 bridgehead atoms. The van der Waals surface area contributed by atoms with Crippen molar-refractivity contribution in [2.75, 3.05) is 17.6 Å². The van der Waals surface area contributed by atoms with Gasteiger partial charge in [0, 0.05) is 5.69 Å². The van der Waals surface area contributed by atoms with Gasteiger partial charge in [0.15, 0.2) is 0 Å². The van der Waals surface area contributed by atoms with Crippen LogP contribution in [0.15, 0.2) is 24.3 Å². The van der Waals surface area contributed by atoms with Crippen LogP contribution in [0, 0.1) is 0 Å². The van der Waals surface area contributed by atoms with E-state index in [1.165, 1.54) is 0 Å². The lowest BCUT2D eigenvalue weighted by atomic mass is 10.1. The quantitative estimate of drug-likeness (QED) is 0.742. The fraction of sp³-hybridized carbons (Fsp3) is 0.417. The van der Waals surface area contributed by atoms with Crippen molar-refractivity contribution in [1.29, 1.82) is 0 Å². The molecule has 0 aliphatic heterocycles. The second-order valence-electron chi connectivity index (χ2n) is 4.14. The van der Waals surface area contributed by atoms with Crippen LogP contribution in [0.2, 0.25) is 0 Å². The summed E-state index contributed by atoms with van der Waals surface area (Å²) in [5.41, 5.74) is 6.90. The second kappa shape index (κ2) is 6.53. The van der Waals surface area contributed by atoms with Gasteiger partial charge in [-0.15, -0.1) is 0 Å². The highest BCUT2D eigenvalue weighted by Crippen LogP contribution is 2.13. The third kappa shape index (κ3) is 5.71. The molecular formula is C12H18N2O4S. The van der Waals surface area contributed by atoms with E-state index in [2.05, 4.69) is 4.72 Å². The van der Waals surface area contributed by atoms with E-state index in [4.69, 9.17) is 10.5 Å². The van der Waals surface area contributed by atoms with Gasteiger partial charge < -0.3 is 10.5 Å². The molecule has 0 heterocycles. The van der Waals surface area contributed by atoms with Crippen LogP contribution in [-0.4, -0.2) is 33.3 Å². The highest BCUT2D eigenvalue weighted by atomic mass is 32.2. The summed E-state index contributed by atoms with van der Waals surface area (Å²) < 4.78 is 29.4. The van der Waals surface area contributed by atoms with E-state index in [9.17, 15) is 13.2 Å². The Balaban J connectivity index is 2.74. The van der Waals surface area contributed by atoms with Gasteiger partial charge in [-0.25, -0.2) is 8.42 Å². The van der Waals surface area contributed by atoms with E-state index in [0.717, 1.165) is 11.8 Å². The Morgan fingerprint density at radius 3 is 2.74 bits per heavy atom. The standard InChI is InChI=1S/C12H18N2O4S/c1-3-18-12(15)11(13)8-9-5-4-6-10(7-9)14-19(2,16)17/h4-7,11,14H,3,8,13H2,1-2H3/t11-/m0/s1. The first kappa shape index (κ1) is 15.5. The van der Waals surface area contributed by atoms with Gasteiger partial charge in [-0.1, -0.05) is 12.1 Å². The van der Waals surface area contributed by atoms with Gasteiger partial charge in [-0.2, -0.15) is 0 Å². The maximum absolute atomic E-state index is 11.4. The lowest BCUT2D eigenvalue weighted by Crippen LogP contribution is -2.34. The number of carbonyl (C=O) groups excluding carboxylic acids is 1. The van der Waals surface area contributed by atoms with Gasteiger partial charge in [-0.05, 0) is 31.0 Å². The maximum Gasteiger partial charge on any atom is 0.323 e. The summed E-state index contributed by atoms with van der Waals surface area (Å²) in [4.78, 5) is 11.4. The Labute approximate surface area is 113 Å². The first-order valence-corrected chi connectivity index (χ1v) is 7.70. The Bertz CT molecular complexity index is 542. The van der Waals surface area contributed by atoms with Gasteiger partial charge in [0.25, 0.3) is 0 Å². The van der Waals surface area contributed by atoms with Crippen molar-refractivity contribution in [3.63, 3.8) is 0 Å². The van der Waals surface area contributed by atoms with Crippen LogP contribution in [-0.2, 0) is 26.0 Å². The van der Waals surface area contributed by atoms with Crippen LogP contribution in [0.1, 0.15) is 12.5 Å². The lowest BCUT2D eigenvalue weighted by molar-refractivity contribution is -0.144. The topological polar surface area (TPSA) is 98.5 Å². The number of anilines is 1. The predicted octanol–water partition coefficient (Wildman–Crippen LogP) is 0.491. The monoisotopic (exact) mass is 286 g/mol. The van der Waals surface area contributed by atoms with E-state index in [-0.39, 0.29) is 13.0 Å². The van der Waals surface area contributed by atoms with Crippen molar-refractivity contribution in [2.24, 2.45) is 5.73 Å². The fourth-order valence-electron chi connectivity index (χ4n) is 1.56. The number of carbonyl (C=O) groups is 1. The van der Waals surface area contributed by atoms with Gasteiger partial charge in [0.2, 0.25) is 10.0 Å². The summed E-state index contributed by atoms with van der Waals surface area (Å²) in [5, 5.41) is 0. The first-order valence-electron chi connectivity index (χ1n) is 5.80. The SMILES string of the molecule is CCOC(=O)[C@@H](N)Cc1cccc(NS(C)(=O)=O)c1. The Morgan fingerprint density at radius 1 is 1.47 bits per heavy atom. The number of ether oxygens (including phenoxy) is 1. The van der Waals surface area contributed by atoms with Crippen molar-refractivity contribution in [2.45, 2.75) is 19.4 Å². The molecule has 0 unspecified atom stereocenters. The molecule has 1 aromatic rings. The third-order valence-corrected chi connectivity index (χ3v) is 2.88.